The van der Waals surface area contributed by atoms with Crippen molar-refractivity contribution >= 4 is 0 Å². The molecule has 1 aliphatic rings. The molecule has 226 valence electrons. The molecule has 0 bridgehead atoms. The summed E-state index contributed by atoms with van der Waals surface area (Å²) in [5, 5.41) is 3.49. The number of hydrogen-bond donors (Lipinski definition) is 1. The van der Waals surface area contributed by atoms with E-state index in [1.807, 2.05) is 111 Å². The van der Waals surface area contributed by atoms with E-state index in [1.54, 1.807) is 21.5 Å². The summed E-state index contributed by atoms with van der Waals surface area (Å²) >= 11 is 0. The number of benzene rings is 4. The fourth-order valence-corrected chi connectivity index (χ4v) is 5.28. The van der Waals surface area contributed by atoms with Crippen LogP contribution in [-0.4, -0.2) is 41.2 Å². The highest BCUT2D eigenvalue weighted by molar-refractivity contribution is 5.41. The van der Waals surface area contributed by atoms with Gasteiger partial charge < -0.3 is 24.3 Å². The van der Waals surface area contributed by atoms with Crippen LogP contribution in [0.1, 0.15) is 25.5 Å². The number of hydrogen-bond acceptors (Lipinski definition) is 6. The molecule has 8 heteroatoms. The maximum absolute atomic E-state index is 13.2. The molecule has 1 saturated heterocycles. The number of ether oxygens (including phenoxy) is 4. The lowest BCUT2D eigenvalue weighted by atomic mass is 9.94. The molecule has 0 amide bonds. The topological polar surface area (TPSA) is 75.9 Å². The molecule has 0 spiro atoms. The van der Waals surface area contributed by atoms with Crippen molar-refractivity contribution in [2.75, 3.05) is 26.3 Å². The van der Waals surface area contributed by atoms with Crippen LogP contribution >= 0.6 is 0 Å². The van der Waals surface area contributed by atoms with Crippen molar-refractivity contribution < 1.29 is 18.9 Å². The summed E-state index contributed by atoms with van der Waals surface area (Å²) in [6.45, 7) is 6.48. The Balaban J connectivity index is 1.00. The molecule has 8 nitrogen and oxygen atoms in total. The summed E-state index contributed by atoms with van der Waals surface area (Å²) in [5.41, 5.74) is 2.52. The minimum absolute atomic E-state index is 0.0350. The van der Waals surface area contributed by atoms with Crippen LogP contribution in [0, 0.1) is 5.92 Å². The maximum Gasteiger partial charge on any atom is 0.337 e. The van der Waals surface area contributed by atoms with Gasteiger partial charge in [0.2, 0.25) is 0 Å². The Labute approximate surface area is 257 Å². The summed E-state index contributed by atoms with van der Waals surface area (Å²) in [7, 11) is 0. The molecule has 2 heterocycles. The minimum Gasteiger partial charge on any atom is -0.492 e. The van der Waals surface area contributed by atoms with Gasteiger partial charge in [-0.15, -0.1) is 0 Å². The van der Waals surface area contributed by atoms with Gasteiger partial charge in [0.05, 0.1) is 24.1 Å². The predicted octanol–water partition coefficient (Wildman–Crippen LogP) is 6.53. The fraction of sp³-hybridized carbons (Fsp3) is 0.250. The van der Waals surface area contributed by atoms with Gasteiger partial charge in [0.25, 0.3) is 0 Å². The molecule has 0 radical (unpaired) electrons. The number of aromatic nitrogens is 2. The van der Waals surface area contributed by atoms with Gasteiger partial charge in [0.1, 0.15) is 23.9 Å². The van der Waals surface area contributed by atoms with Crippen molar-refractivity contribution in [1.82, 2.24) is 14.5 Å². The van der Waals surface area contributed by atoms with Gasteiger partial charge in [-0.1, -0.05) is 48.5 Å². The van der Waals surface area contributed by atoms with Crippen molar-refractivity contribution in [3.8, 4) is 28.6 Å². The molecule has 5 aromatic rings. The Morgan fingerprint density at radius 3 is 1.98 bits per heavy atom. The molecule has 1 fully saturated rings. The predicted molar refractivity (Wildman–Crippen MR) is 170 cm³/mol. The number of imidazole rings is 1. The first-order chi connectivity index (χ1) is 21.4. The summed E-state index contributed by atoms with van der Waals surface area (Å²) in [5.74, 6) is 1.79. The van der Waals surface area contributed by atoms with Gasteiger partial charge in [0.15, 0.2) is 5.79 Å². The van der Waals surface area contributed by atoms with E-state index in [-0.39, 0.29) is 17.7 Å². The zero-order valence-electron chi connectivity index (χ0n) is 25.0. The van der Waals surface area contributed by atoms with Crippen LogP contribution < -0.4 is 20.5 Å². The molecule has 1 aromatic heterocycles. The average molecular weight is 592 g/mol. The van der Waals surface area contributed by atoms with Crippen LogP contribution in [0.15, 0.2) is 126 Å². The lowest BCUT2D eigenvalue weighted by Gasteiger charge is -2.41. The molecule has 1 N–H and O–H groups in total. The number of nitrogens with zero attached hydrogens (tertiary/aromatic N) is 2. The highest BCUT2D eigenvalue weighted by Crippen LogP contribution is 2.36. The summed E-state index contributed by atoms with van der Waals surface area (Å²) < 4.78 is 27.3. The van der Waals surface area contributed by atoms with Gasteiger partial charge in [-0.05, 0) is 80.1 Å². The van der Waals surface area contributed by atoms with Crippen LogP contribution in [0.2, 0.25) is 0 Å². The smallest absolute Gasteiger partial charge is 0.337 e. The van der Waals surface area contributed by atoms with Crippen molar-refractivity contribution in [3.05, 3.63) is 138 Å². The largest absolute Gasteiger partial charge is 0.492 e. The standard InChI is InChI=1S/C36H37N3O5/c1-36(2)42-26-28(34(44-36)27-9-5-3-6-10-27)25-37-21-24-41-31-17-13-29(14-18-31)38-22-23-39(35(38)40)30-15-19-33(20-16-30)43-32-11-7-4-8-12-32/h3-20,22-23,28,34,37H,21,24-26H2,1-2H3/t28-,34+/m0/s1. The van der Waals surface area contributed by atoms with Crippen LogP contribution in [0.5, 0.6) is 17.2 Å². The van der Waals surface area contributed by atoms with Gasteiger partial charge in [-0.25, -0.2) is 4.79 Å². The number of rotatable bonds is 11. The quantitative estimate of drug-likeness (QED) is 0.176. The highest BCUT2D eigenvalue weighted by atomic mass is 16.7. The second kappa shape index (κ2) is 13.3. The van der Waals surface area contributed by atoms with E-state index in [2.05, 4.69) is 17.4 Å². The normalized spacial score (nSPS) is 17.7. The Bertz CT molecular complexity index is 1680. The molecular weight excluding hydrogens is 554 g/mol. The Kier molecular flexibility index (Phi) is 8.93. The first-order valence-electron chi connectivity index (χ1n) is 14.9. The number of para-hydroxylation sites is 1. The summed E-state index contributed by atoms with van der Waals surface area (Å²) in [4.78, 5) is 13.2. The van der Waals surface area contributed by atoms with E-state index in [4.69, 9.17) is 18.9 Å². The highest BCUT2D eigenvalue weighted by Gasteiger charge is 2.37. The molecule has 0 aliphatic carbocycles. The molecular formula is C36H37N3O5. The van der Waals surface area contributed by atoms with Crippen LogP contribution in [0.4, 0.5) is 0 Å². The van der Waals surface area contributed by atoms with Gasteiger partial charge in [-0.3, -0.25) is 9.13 Å². The van der Waals surface area contributed by atoms with Crippen molar-refractivity contribution in [1.29, 1.82) is 0 Å². The average Bonchev–Trinajstić information content (AvgIpc) is 3.44. The first kappa shape index (κ1) is 29.4. The lowest BCUT2D eigenvalue weighted by Crippen LogP contribution is -2.45. The second-order valence-corrected chi connectivity index (χ2v) is 11.2. The SMILES string of the molecule is CC1(C)OC[C@H](CNCCOc2ccc(-n3ccn(-c4ccc(Oc5ccccc5)cc4)c3=O)cc2)[C@@H](c2ccccc2)O1. The monoisotopic (exact) mass is 591 g/mol. The molecule has 2 atom stereocenters. The fourth-order valence-electron chi connectivity index (χ4n) is 5.28. The third-order valence-corrected chi connectivity index (χ3v) is 7.55. The van der Waals surface area contributed by atoms with Crippen molar-refractivity contribution in [2.24, 2.45) is 5.92 Å². The lowest BCUT2D eigenvalue weighted by molar-refractivity contribution is -0.295. The van der Waals surface area contributed by atoms with Gasteiger partial charge in [-0.2, -0.15) is 0 Å². The van der Waals surface area contributed by atoms with E-state index < -0.39 is 5.79 Å². The zero-order valence-corrected chi connectivity index (χ0v) is 25.0. The van der Waals surface area contributed by atoms with Crippen molar-refractivity contribution in [2.45, 2.75) is 25.7 Å². The van der Waals surface area contributed by atoms with Gasteiger partial charge in [0, 0.05) is 31.4 Å². The molecule has 4 aromatic carbocycles. The van der Waals surface area contributed by atoms with Gasteiger partial charge >= 0.3 is 5.69 Å². The van der Waals surface area contributed by atoms with Crippen molar-refractivity contribution in [3.63, 3.8) is 0 Å². The maximum atomic E-state index is 13.2. The summed E-state index contributed by atoms with van der Waals surface area (Å²) in [6, 6.07) is 34.9. The third kappa shape index (κ3) is 7.11. The first-order valence-corrected chi connectivity index (χ1v) is 14.9. The second-order valence-electron chi connectivity index (χ2n) is 11.2. The molecule has 6 rings (SSSR count). The van der Waals surface area contributed by atoms with E-state index in [9.17, 15) is 4.79 Å². The van der Waals surface area contributed by atoms with E-state index >= 15 is 0 Å². The Morgan fingerprint density at radius 1 is 0.773 bits per heavy atom. The number of nitrogens with one attached hydrogen (secondary N) is 1. The van der Waals surface area contributed by atoms with E-state index in [0.29, 0.717) is 25.5 Å². The Morgan fingerprint density at radius 2 is 1.34 bits per heavy atom. The Hall–Kier alpha value is -4.63. The summed E-state index contributed by atoms with van der Waals surface area (Å²) in [6.07, 6.45) is 3.49. The molecule has 44 heavy (non-hydrogen) atoms. The van der Waals surface area contributed by atoms with E-state index in [1.165, 1.54) is 0 Å². The zero-order chi connectivity index (χ0) is 30.4. The van der Waals surface area contributed by atoms with E-state index in [0.717, 1.165) is 35.0 Å². The molecule has 0 unspecified atom stereocenters. The van der Waals surface area contributed by atoms with Crippen LogP contribution in [0.3, 0.4) is 0 Å². The third-order valence-electron chi connectivity index (χ3n) is 7.55. The van der Waals surface area contributed by atoms with Crippen LogP contribution in [0.25, 0.3) is 11.4 Å². The molecule has 1 aliphatic heterocycles. The minimum atomic E-state index is -0.607. The van der Waals surface area contributed by atoms with Crippen LogP contribution in [-0.2, 0) is 9.47 Å². The molecule has 0 saturated carbocycles.